The molecule has 0 unspecified atom stereocenters. The van der Waals surface area contributed by atoms with Crippen molar-refractivity contribution in [1.82, 2.24) is 10.2 Å². The third-order valence-electron chi connectivity index (χ3n) is 2.90. The fourth-order valence-corrected chi connectivity index (χ4v) is 2.14. The molecule has 0 spiro atoms. The lowest BCUT2D eigenvalue weighted by molar-refractivity contribution is 0.0513. The number of amides is 1. The average molecular weight is 244 g/mol. The Morgan fingerprint density at radius 1 is 1.41 bits per heavy atom. The summed E-state index contributed by atoms with van der Waals surface area (Å²) in [4.78, 5) is 13.7. The minimum absolute atomic E-state index is 0.172. The lowest BCUT2D eigenvalue weighted by Gasteiger charge is -2.21. The van der Waals surface area contributed by atoms with Crippen LogP contribution in [0.25, 0.3) is 0 Å². The summed E-state index contributed by atoms with van der Waals surface area (Å²) in [5, 5.41) is 12.0. The van der Waals surface area contributed by atoms with E-state index in [1.165, 1.54) is 0 Å². The smallest absolute Gasteiger partial charge is 0.407 e. The van der Waals surface area contributed by atoms with Crippen molar-refractivity contribution in [2.45, 2.75) is 26.4 Å². The van der Waals surface area contributed by atoms with E-state index in [1.807, 2.05) is 27.8 Å². The van der Waals surface area contributed by atoms with Gasteiger partial charge in [-0.15, -0.1) is 0 Å². The van der Waals surface area contributed by atoms with E-state index in [4.69, 9.17) is 4.74 Å². The van der Waals surface area contributed by atoms with Crippen molar-refractivity contribution in [2.24, 2.45) is 11.8 Å². The normalized spacial score (nSPS) is 25.9. The highest BCUT2D eigenvalue weighted by atomic mass is 16.6. The highest BCUT2D eigenvalue weighted by molar-refractivity contribution is 5.67. The van der Waals surface area contributed by atoms with Gasteiger partial charge in [0.15, 0.2) is 0 Å². The molecule has 2 N–H and O–H groups in total. The molecule has 0 aromatic heterocycles. The predicted octanol–water partition coefficient (Wildman–Crippen LogP) is 0.681. The number of hydrogen-bond acceptors (Lipinski definition) is 4. The van der Waals surface area contributed by atoms with Crippen LogP contribution in [0.4, 0.5) is 4.79 Å². The van der Waals surface area contributed by atoms with Crippen molar-refractivity contribution < 1.29 is 14.6 Å². The largest absolute Gasteiger partial charge is 0.444 e. The molecule has 0 saturated carbocycles. The minimum Gasteiger partial charge on any atom is -0.444 e. The van der Waals surface area contributed by atoms with Crippen molar-refractivity contribution >= 4 is 6.09 Å². The number of hydrogen-bond donors (Lipinski definition) is 2. The molecule has 100 valence electrons. The Hall–Kier alpha value is -0.810. The number of aliphatic hydroxyl groups is 1. The maximum Gasteiger partial charge on any atom is 0.407 e. The number of alkyl carbamates (subject to hydrolysis) is 1. The van der Waals surface area contributed by atoms with Gasteiger partial charge in [0.05, 0.1) is 0 Å². The Kier molecular flexibility index (Phi) is 4.77. The van der Waals surface area contributed by atoms with Gasteiger partial charge in [-0.05, 0) is 33.7 Å². The molecule has 1 rings (SSSR count). The highest BCUT2D eigenvalue weighted by Gasteiger charge is 2.30. The van der Waals surface area contributed by atoms with E-state index in [-0.39, 0.29) is 18.6 Å². The Morgan fingerprint density at radius 3 is 2.53 bits per heavy atom. The summed E-state index contributed by atoms with van der Waals surface area (Å²) in [6, 6.07) is 0. The standard InChI is InChI=1S/C12H24N2O3/c1-12(2,3)17-11(16)13-5-9-6-14(4)7-10(9)8-15/h9-10,15H,5-8H2,1-4H3,(H,13,16)/t9-,10+/m1/s1. The summed E-state index contributed by atoms with van der Waals surface area (Å²) in [5.74, 6) is 0.549. The molecule has 1 aliphatic heterocycles. The zero-order chi connectivity index (χ0) is 13.1. The zero-order valence-corrected chi connectivity index (χ0v) is 11.2. The number of ether oxygens (including phenoxy) is 1. The first-order chi connectivity index (χ1) is 7.81. The van der Waals surface area contributed by atoms with Crippen molar-refractivity contribution in [3.8, 4) is 0 Å². The molecular formula is C12H24N2O3. The van der Waals surface area contributed by atoms with Crippen molar-refractivity contribution in [2.75, 3.05) is 33.3 Å². The molecular weight excluding hydrogens is 220 g/mol. The van der Waals surface area contributed by atoms with Gasteiger partial charge in [0.1, 0.15) is 5.60 Å². The number of carbonyl (C=O) groups is 1. The SMILES string of the molecule is CN1C[C@@H](CO)[C@H](CNC(=O)OC(C)(C)C)C1. The van der Waals surface area contributed by atoms with E-state index in [9.17, 15) is 9.90 Å². The molecule has 0 aromatic carbocycles. The summed E-state index contributed by atoms with van der Waals surface area (Å²) < 4.78 is 5.17. The molecule has 1 aliphatic rings. The van der Waals surface area contributed by atoms with Gasteiger partial charge in [0.2, 0.25) is 0 Å². The van der Waals surface area contributed by atoms with Crippen molar-refractivity contribution in [3.63, 3.8) is 0 Å². The number of nitrogens with zero attached hydrogens (tertiary/aromatic N) is 1. The molecule has 0 aromatic rings. The van der Waals surface area contributed by atoms with Crippen LogP contribution in [0.3, 0.4) is 0 Å². The first-order valence-electron chi connectivity index (χ1n) is 6.08. The number of aliphatic hydroxyl groups excluding tert-OH is 1. The summed E-state index contributed by atoms with van der Waals surface area (Å²) in [6.07, 6.45) is -0.385. The van der Waals surface area contributed by atoms with Crippen LogP contribution in [-0.4, -0.2) is 55.0 Å². The molecule has 0 bridgehead atoms. The molecule has 0 aliphatic carbocycles. The maximum absolute atomic E-state index is 11.5. The van der Waals surface area contributed by atoms with Gasteiger partial charge in [-0.2, -0.15) is 0 Å². The van der Waals surface area contributed by atoms with Crippen molar-refractivity contribution in [3.05, 3.63) is 0 Å². The van der Waals surface area contributed by atoms with Crippen LogP contribution in [0.15, 0.2) is 0 Å². The highest BCUT2D eigenvalue weighted by Crippen LogP contribution is 2.21. The Balaban J connectivity index is 2.33. The Morgan fingerprint density at radius 2 is 2.00 bits per heavy atom. The van der Waals surface area contributed by atoms with Crippen LogP contribution >= 0.6 is 0 Å². The fourth-order valence-electron chi connectivity index (χ4n) is 2.14. The minimum atomic E-state index is -0.465. The number of carbonyl (C=O) groups excluding carboxylic acids is 1. The van der Waals surface area contributed by atoms with Gasteiger partial charge in [-0.1, -0.05) is 0 Å². The van der Waals surface area contributed by atoms with E-state index in [1.54, 1.807) is 0 Å². The van der Waals surface area contributed by atoms with Gasteiger partial charge in [0.25, 0.3) is 0 Å². The number of likely N-dealkylation sites (tertiary alicyclic amines) is 1. The molecule has 0 radical (unpaired) electrons. The molecule has 17 heavy (non-hydrogen) atoms. The fraction of sp³-hybridized carbons (Fsp3) is 0.917. The van der Waals surface area contributed by atoms with E-state index in [2.05, 4.69) is 10.2 Å². The van der Waals surface area contributed by atoms with Gasteiger partial charge >= 0.3 is 6.09 Å². The van der Waals surface area contributed by atoms with Crippen LogP contribution in [0.1, 0.15) is 20.8 Å². The van der Waals surface area contributed by atoms with Crippen molar-refractivity contribution in [1.29, 1.82) is 0 Å². The average Bonchev–Trinajstić information content (AvgIpc) is 2.53. The van der Waals surface area contributed by atoms with Gasteiger partial charge in [-0.25, -0.2) is 4.79 Å². The molecule has 1 heterocycles. The lowest BCUT2D eigenvalue weighted by atomic mass is 9.97. The summed E-state index contributed by atoms with van der Waals surface area (Å²) in [5.41, 5.74) is -0.465. The van der Waals surface area contributed by atoms with Crippen LogP contribution in [0, 0.1) is 11.8 Å². The zero-order valence-electron chi connectivity index (χ0n) is 11.2. The van der Waals surface area contributed by atoms with Crippen LogP contribution < -0.4 is 5.32 Å². The summed E-state index contributed by atoms with van der Waals surface area (Å²) >= 11 is 0. The molecule has 1 amide bonds. The molecule has 1 fully saturated rings. The second kappa shape index (κ2) is 5.69. The van der Waals surface area contributed by atoms with Crippen LogP contribution in [-0.2, 0) is 4.74 Å². The van der Waals surface area contributed by atoms with Gasteiger partial charge < -0.3 is 20.1 Å². The number of rotatable bonds is 3. The third-order valence-corrected chi connectivity index (χ3v) is 2.90. The summed E-state index contributed by atoms with van der Waals surface area (Å²) in [7, 11) is 2.02. The predicted molar refractivity (Wildman–Crippen MR) is 65.8 cm³/mol. The van der Waals surface area contributed by atoms with E-state index >= 15 is 0 Å². The van der Waals surface area contributed by atoms with E-state index < -0.39 is 5.60 Å². The molecule has 2 atom stereocenters. The lowest BCUT2D eigenvalue weighted by Crippen LogP contribution is -2.37. The van der Waals surface area contributed by atoms with Gasteiger partial charge in [0, 0.05) is 32.2 Å². The molecule has 5 heteroatoms. The Labute approximate surface area is 103 Å². The second-order valence-corrected chi connectivity index (χ2v) is 5.81. The molecule has 1 saturated heterocycles. The van der Waals surface area contributed by atoms with Gasteiger partial charge in [-0.3, -0.25) is 0 Å². The van der Waals surface area contributed by atoms with E-state index in [0.717, 1.165) is 13.1 Å². The molecule has 5 nitrogen and oxygen atoms in total. The first-order valence-corrected chi connectivity index (χ1v) is 6.08. The van der Waals surface area contributed by atoms with Crippen LogP contribution in [0.5, 0.6) is 0 Å². The third kappa shape index (κ3) is 4.91. The monoisotopic (exact) mass is 244 g/mol. The second-order valence-electron chi connectivity index (χ2n) is 5.81. The topological polar surface area (TPSA) is 61.8 Å². The Bertz CT molecular complexity index is 263. The quantitative estimate of drug-likeness (QED) is 0.766. The maximum atomic E-state index is 11.5. The first kappa shape index (κ1) is 14.3. The summed E-state index contributed by atoms with van der Waals surface area (Å²) in [6.45, 7) is 8.04. The van der Waals surface area contributed by atoms with Crippen LogP contribution in [0.2, 0.25) is 0 Å². The number of nitrogens with one attached hydrogen (secondary N) is 1. The van der Waals surface area contributed by atoms with E-state index in [0.29, 0.717) is 12.5 Å².